The Bertz CT molecular complexity index is 717. The zero-order valence-electron chi connectivity index (χ0n) is 10.0. The Morgan fingerprint density at radius 3 is 2.40 bits per heavy atom. The smallest absolute Gasteiger partial charge is 0.265 e. The largest absolute Gasteiger partial charge is 0.487 e. The lowest BCUT2D eigenvalue weighted by Gasteiger charge is -2.10. The van der Waals surface area contributed by atoms with E-state index in [4.69, 9.17) is 15.4 Å². The zero-order chi connectivity index (χ0) is 14.8. The van der Waals surface area contributed by atoms with E-state index in [1.807, 2.05) is 24.3 Å². The molecule has 0 amide bonds. The molecule has 2 aromatic carbocycles. The standard InChI is InChI=1S/C13H9BrClIO3S/c14-10-3-6-12(13(7-10)20(15,17)18)19-8-9-1-4-11(16)5-2-9/h1-7H,8H2. The van der Waals surface area contributed by atoms with E-state index in [0.717, 1.165) is 9.13 Å². The van der Waals surface area contributed by atoms with Crippen LogP contribution in [0.5, 0.6) is 5.75 Å². The summed E-state index contributed by atoms with van der Waals surface area (Å²) < 4.78 is 30.4. The van der Waals surface area contributed by atoms with E-state index < -0.39 is 9.05 Å². The van der Waals surface area contributed by atoms with Crippen molar-refractivity contribution in [2.45, 2.75) is 11.5 Å². The van der Waals surface area contributed by atoms with Crippen LogP contribution in [0.2, 0.25) is 0 Å². The first-order chi connectivity index (χ1) is 9.36. The van der Waals surface area contributed by atoms with Gasteiger partial charge in [0.15, 0.2) is 0 Å². The molecule has 0 fully saturated rings. The maximum absolute atomic E-state index is 11.5. The molecule has 0 N–H and O–H groups in total. The quantitative estimate of drug-likeness (QED) is 0.469. The molecule has 0 aliphatic rings. The average molecular weight is 488 g/mol. The fraction of sp³-hybridized carbons (Fsp3) is 0.0769. The maximum atomic E-state index is 11.5. The Balaban J connectivity index is 2.23. The second kappa shape index (κ2) is 6.64. The molecule has 2 rings (SSSR count). The van der Waals surface area contributed by atoms with Crippen molar-refractivity contribution in [1.29, 1.82) is 0 Å². The molecule has 0 aliphatic carbocycles. The molecule has 0 unspecified atom stereocenters. The third-order valence-electron chi connectivity index (χ3n) is 2.48. The van der Waals surface area contributed by atoms with Gasteiger partial charge in [0.25, 0.3) is 9.05 Å². The van der Waals surface area contributed by atoms with Gasteiger partial charge in [0.1, 0.15) is 17.3 Å². The van der Waals surface area contributed by atoms with Crippen LogP contribution < -0.4 is 4.74 Å². The summed E-state index contributed by atoms with van der Waals surface area (Å²) in [5.41, 5.74) is 0.950. The number of ether oxygens (including phenoxy) is 1. The van der Waals surface area contributed by atoms with Crippen molar-refractivity contribution >= 4 is 58.3 Å². The van der Waals surface area contributed by atoms with Crippen molar-refractivity contribution in [3.8, 4) is 5.75 Å². The van der Waals surface area contributed by atoms with Gasteiger partial charge in [-0.2, -0.15) is 0 Å². The summed E-state index contributed by atoms with van der Waals surface area (Å²) in [5.74, 6) is 0.238. The van der Waals surface area contributed by atoms with E-state index in [-0.39, 0.29) is 17.3 Å². The van der Waals surface area contributed by atoms with Crippen molar-refractivity contribution < 1.29 is 13.2 Å². The van der Waals surface area contributed by atoms with Gasteiger partial charge in [-0.15, -0.1) is 0 Å². The molecule has 0 radical (unpaired) electrons. The Labute approximate surface area is 144 Å². The predicted molar refractivity (Wildman–Crippen MR) is 90.7 cm³/mol. The minimum absolute atomic E-state index is 0.0425. The van der Waals surface area contributed by atoms with Crippen LogP contribution in [-0.4, -0.2) is 8.42 Å². The molecule has 0 spiro atoms. The minimum atomic E-state index is -3.85. The number of rotatable bonds is 4. The van der Waals surface area contributed by atoms with E-state index in [1.165, 1.54) is 6.07 Å². The van der Waals surface area contributed by atoms with Gasteiger partial charge in [0.05, 0.1) is 0 Å². The van der Waals surface area contributed by atoms with Crippen LogP contribution in [0.4, 0.5) is 0 Å². The van der Waals surface area contributed by atoms with Crippen LogP contribution in [0, 0.1) is 3.57 Å². The maximum Gasteiger partial charge on any atom is 0.265 e. The van der Waals surface area contributed by atoms with Crippen LogP contribution in [0.25, 0.3) is 0 Å². The second-order valence-electron chi connectivity index (χ2n) is 3.94. The van der Waals surface area contributed by atoms with Gasteiger partial charge < -0.3 is 4.74 Å². The molecule has 0 aromatic heterocycles. The lowest BCUT2D eigenvalue weighted by Crippen LogP contribution is -2.00. The van der Waals surface area contributed by atoms with Crippen molar-refractivity contribution in [1.82, 2.24) is 0 Å². The molecule has 0 saturated carbocycles. The Morgan fingerprint density at radius 1 is 1.15 bits per heavy atom. The monoisotopic (exact) mass is 486 g/mol. The van der Waals surface area contributed by atoms with E-state index in [2.05, 4.69) is 38.5 Å². The molecular weight excluding hydrogens is 478 g/mol. The number of halogens is 3. The Morgan fingerprint density at radius 2 is 1.80 bits per heavy atom. The van der Waals surface area contributed by atoms with E-state index in [0.29, 0.717) is 4.47 Å². The molecule has 2 aromatic rings. The highest BCUT2D eigenvalue weighted by Crippen LogP contribution is 2.30. The van der Waals surface area contributed by atoms with Gasteiger partial charge in [-0.05, 0) is 58.5 Å². The summed E-state index contributed by atoms with van der Waals surface area (Å²) in [4.78, 5) is -0.0425. The zero-order valence-corrected chi connectivity index (χ0v) is 15.3. The highest BCUT2D eigenvalue weighted by Gasteiger charge is 2.17. The lowest BCUT2D eigenvalue weighted by molar-refractivity contribution is 0.298. The van der Waals surface area contributed by atoms with Gasteiger partial charge >= 0.3 is 0 Å². The average Bonchev–Trinajstić information content (AvgIpc) is 2.38. The Hall–Kier alpha value is -0.310. The number of benzene rings is 2. The molecule has 0 atom stereocenters. The van der Waals surface area contributed by atoms with E-state index in [9.17, 15) is 8.42 Å². The molecule has 0 heterocycles. The van der Waals surface area contributed by atoms with Crippen LogP contribution in [0.3, 0.4) is 0 Å². The highest BCUT2D eigenvalue weighted by atomic mass is 127. The van der Waals surface area contributed by atoms with Gasteiger partial charge in [-0.25, -0.2) is 8.42 Å². The van der Waals surface area contributed by atoms with Crippen molar-refractivity contribution in [2.75, 3.05) is 0 Å². The van der Waals surface area contributed by atoms with Gasteiger partial charge in [0.2, 0.25) is 0 Å². The Kier molecular flexibility index (Phi) is 5.33. The fourth-order valence-electron chi connectivity index (χ4n) is 1.53. The van der Waals surface area contributed by atoms with Crippen molar-refractivity contribution in [3.05, 3.63) is 56.1 Å². The number of hydrogen-bond donors (Lipinski definition) is 0. The van der Waals surface area contributed by atoms with Crippen LogP contribution in [-0.2, 0) is 15.7 Å². The molecule has 3 nitrogen and oxygen atoms in total. The fourth-order valence-corrected chi connectivity index (χ4v) is 3.40. The minimum Gasteiger partial charge on any atom is -0.487 e. The normalized spacial score (nSPS) is 11.3. The van der Waals surface area contributed by atoms with Crippen LogP contribution in [0.1, 0.15) is 5.56 Å². The topological polar surface area (TPSA) is 43.4 Å². The second-order valence-corrected chi connectivity index (χ2v) is 8.64. The number of hydrogen-bond acceptors (Lipinski definition) is 3. The molecule has 7 heteroatoms. The summed E-state index contributed by atoms with van der Waals surface area (Å²) in [5, 5.41) is 0. The first-order valence-corrected chi connectivity index (χ1v) is 9.66. The molecule has 0 bridgehead atoms. The summed E-state index contributed by atoms with van der Waals surface area (Å²) >= 11 is 5.43. The first kappa shape index (κ1) is 16.1. The predicted octanol–water partition coefficient (Wildman–Crippen LogP) is 4.56. The third-order valence-corrected chi connectivity index (χ3v) is 5.03. The SMILES string of the molecule is O=S(=O)(Cl)c1cc(Br)ccc1OCc1ccc(I)cc1. The van der Waals surface area contributed by atoms with E-state index in [1.54, 1.807) is 12.1 Å². The molecular formula is C13H9BrClIO3S. The molecule has 20 heavy (non-hydrogen) atoms. The molecule has 106 valence electrons. The molecule has 0 saturated heterocycles. The van der Waals surface area contributed by atoms with Crippen LogP contribution in [0.15, 0.2) is 51.8 Å². The highest BCUT2D eigenvalue weighted by molar-refractivity contribution is 14.1. The van der Waals surface area contributed by atoms with Crippen molar-refractivity contribution in [3.63, 3.8) is 0 Å². The third kappa shape index (κ3) is 4.34. The first-order valence-electron chi connectivity index (χ1n) is 5.48. The van der Waals surface area contributed by atoms with Crippen molar-refractivity contribution in [2.24, 2.45) is 0 Å². The van der Waals surface area contributed by atoms with Gasteiger partial charge in [-0.3, -0.25) is 0 Å². The summed E-state index contributed by atoms with van der Waals surface area (Å²) in [6, 6.07) is 12.5. The van der Waals surface area contributed by atoms with Crippen LogP contribution >= 0.6 is 49.2 Å². The molecule has 0 aliphatic heterocycles. The van der Waals surface area contributed by atoms with Gasteiger partial charge in [0, 0.05) is 18.7 Å². The van der Waals surface area contributed by atoms with E-state index >= 15 is 0 Å². The summed E-state index contributed by atoms with van der Waals surface area (Å²) in [7, 11) is 1.56. The lowest BCUT2D eigenvalue weighted by atomic mass is 10.2. The summed E-state index contributed by atoms with van der Waals surface area (Å²) in [6.07, 6.45) is 0. The van der Waals surface area contributed by atoms with Gasteiger partial charge in [-0.1, -0.05) is 28.1 Å². The summed E-state index contributed by atoms with van der Waals surface area (Å²) in [6.45, 7) is 0.276.